The van der Waals surface area contributed by atoms with E-state index < -0.39 is 15.9 Å². The molecule has 0 bridgehead atoms. The highest BCUT2D eigenvalue weighted by Gasteiger charge is 2.27. The Hall–Kier alpha value is -3.23. The summed E-state index contributed by atoms with van der Waals surface area (Å²) in [5.74, 6) is 0.0405. The number of carbonyl (C=O) groups is 1. The molecule has 7 nitrogen and oxygen atoms in total. The number of nitrogens with zero attached hydrogens (tertiary/aromatic N) is 2. The van der Waals surface area contributed by atoms with E-state index in [0.717, 1.165) is 18.4 Å². The predicted octanol–water partition coefficient (Wildman–Crippen LogP) is 3.70. The largest absolute Gasteiger partial charge is 0.473 e. The molecule has 4 rings (SSSR count). The molecule has 1 aromatic heterocycles. The van der Waals surface area contributed by atoms with E-state index in [-0.39, 0.29) is 10.5 Å². The molecule has 1 fully saturated rings. The van der Waals surface area contributed by atoms with Crippen molar-refractivity contribution in [3.05, 3.63) is 84.1 Å². The van der Waals surface area contributed by atoms with Crippen LogP contribution in [0.5, 0.6) is 5.88 Å². The van der Waals surface area contributed by atoms with Crippen LogP contribution in [0.3, 0.4) is 0 Å². The summed E-state index contributed by atoms with van der Waals surface area (Å²) in [4.78, 5) is 17.0. The molecule has 1 amide bonds. The molecule has 0 unspecified atom stereocenters. The maximum atomic E-state index is 12.7. The Bertz CT molecular complexity index is 1140. The number of hydrogen-bond donors (Lipinski definition) is 1. The fourth-order valence-electron chi connectivity index (χ4n) is 3.35. The van der Waals surface area contributed by atoms with Crippen LogP contribution < -0.4 is 10.1 Å². The van der Waals surface area contributed by atoms with Crippen LogP contribution in [-0.2, 0) is 16.6 Å². The van der Waals surface area contributed by atoms with Gasteiger partial charge in [0.15, 0.2) is 0 Å². The first-order valence-electron chi connectivity index (χ1n) is 10.1. The Morgan fingerprint density at radius 3 is 2.48 bits per heavy atom. The van der Waals surface area contributed by atoms with Gasteiger partial charge in [-0.3, -0.25) is 4.79 Å². The van der Waals surface area contributed by atoms with Gasteiger partial charge in [-0.15, -0.1) is 0 Å². The van der Waals surface area contributed by atoms with Gasteiger partial charge in [-0.05, 0) is 42.7 Å². The molecule has 31 heavy (non-hydrogen) atoms. The van der Waals surface area contributed by atoms with Crippen molar-refractivity contribution in [2.45, 2.75) is 24.3 Å². The Kier molecular flexibility index (Phi) is 6.29. The maximum absolute atomic E-state index is 12.7. The van der Waals surface area contributed by atoms with Crippen molar-refractivity contribution >= 4 is 21.6 Å². The zero-order valence-electron chi connectivity index (χ0n) is 16.9. The van der Waals surface area contributed by atoms with Gasteiger partial charge in [-0.2, -0.15) is 4.31 Å². The zero-order chi connectivity index (χ0) is 21.7. The molecular weight excluding hydrogens is 414 g/mol. The smallest absolute Gasteiger partial charge is 0.255 e. The SMILES string of the molecule is O=C(Nc1ccc(OCc2ccccc2)nc1)c1cccc(S(=O)(=O)N2CCCC2)c1. The van der Waals surface area contributed by atoms with Crippen molar-refractivity contribution in [1.29, 1.82) is 0 Å². The minimum absolute atomic E-state index is 0.129. The number of ether oxygens (including phenoxy) is 1. The Morgan fingerprint density at radius 2 is 1.77 bits per heavy atom. The van der Waals surface area contributed by atoms with E-state index in [1.54, 1.807) is 24.3 Å². The van der Waals surface area contributed by atoms with Crippen LogP contribution in [0.4, 0.5) is 5.69 Å². The monoisotopic (exact) mass is 437 g/mol. The van der Waals surface area contributed by atoms with Crippen LogP contribution in [-0.4, -0.2) is 36.7 Å². The van der Waals surface area contributed by atoms with E-state index in [0.29, 0.717) is 31.3 Å². The highest BCUT2D eigenvalue weighted by Crippen LogP contribution is 2.22. The third-order valence-corrected chi connectivity index (χ3v) is 6.92. The Labute approximate surface area is 181 Å². The fraction of sp³-hybridized carbons (Fsp3) is 0.217. The molecule has 1 aliphatic heterocycles. The van der Waals surface area contributed by atoms with Gasteiger partial charge in [0.2, 0.25) is 15.9 Å². The number of hydrogen-bond acceptors (Lipinski definition) is 5. The lowest BCUT2D eigenvalue weighted by Crippen LogP contribution is -2.28. The molecule has 0 aliphatic carbocycles. The number of rotatable bonds is 7. The standard InChI is InChI=1S/C23H23N3O4S/c27-23(19-9-6-10-21(15-19)31(28,29)26-13-4-5-14-26)25-20-11-12-22(24-16-20)30-17-18-7-2-1-3-8-18/h1-3,6-12,15-16H,4-5,13-14,17H2,(H,25,27). The highest BCUT2D eigenvalue weighted by molar-refractivity contribution is 7.89. The number of anilines is 1. The van der Waals surface area contributed by atoms with Crippen LogP contribution >= 0.6 is 0 Å². The number of sulfonamides is 1. The third-order valence-electron chi connectivity index (χ3n) is 5.02. The van der Waals surface area contributed by atoms with Crippen molar-refractivity contribution < 1.29 is 17.9 Å². The molecule has 0 radical (unpaired) electrons. The number of benzene rings is 2. The first-order valence-corrected chi connectivity index (χ1v) is 11.5. The third kappa shape index (κ3) is 5.10. The molecule has 0 saturated carbocycles. The minimum Gasteiger partial charge on any atom is -0.473 e. The van der Waals surface area contributed by atoms with Crippen molar-refractivity contribution in [3.8, 4) is 5.88 Å². The summed E-state index contributed by atoms with van der Waals surface area (Å²) in [5, 5.41) is 2.74. The molecular formula is C23H23N3O4S. The topological polar surface area (TPSA) is 88.6 Å². The molecule has 2 heterocycles. The fourth-order valence-corrected chi connectivity index (χ4v) is 4.91. The van der Waals surface area contributed by atoms with E-state index in [1.165, 1.54) is 22.6 Å². The molecule has 1 aliphatic rings. The number of nitrogens with one attached hydrogen (secondary N) is 1. The summed E-state index contributed by atoms with van der Waals surface area (Å²) < 4.78 is 32.6. The second kappa shape index (κ2) is 9.28. The highest BCUT2D eigenvalue weighted by atomic mass is 32.2. The van der Waals surface area contributed by atoms with Gasteiger partial charge in [0, 0.05) is 24.7 Å². The predicted molar refractivity (Wildman–Crippen MR) is 117 cm³/mol. The van der Waals surface area contributed by atoms with Gasteiger partial charge >= 0.3 is 0 Å². The van der Waals surface area contributed by atoms with Crippen molar-refractivity contribution in [1.82, 2.24) is 9.29 Å². The van der Waals surface area contributed by atoms with Crippen LogP contribution in [0.15, 0.2) is 77.8 Å². The number of carbonyl (C=O) groups excluding carboxylic acids is 1. The first kappa shape index (κ1) is 21.0. The van der Waals surface area contributed by atoms with E-state index >= 15 is 0 Å². The van der Waals surface area contributed by atoms with Crippen LogP contribution in [0.1, 0.15) is 28.8 Å². The molecule has 160 valence electrons. The summed E-state index contributed by atoms with van der Waals surface area (Å²) in [6.45, 7) is 1.43. The van der Waals surface area contributed by atoms with Crippen LogP contribution in [0, 0.1) is 0 Å². The van der Waals surface area contributed by atoms with Gasteiger partial charge in [0.25, 0.3) is 5.91 Å². The summed E-state index contributed by atoms with van der Waals surface area (Å²) in [6, 6.07) is 19.2. The van der Waals surface area contributed by atoms with Crippen molar-refractivity contribution in [2.24, 2.45) is 0 Å². The number of aromatic nitrogens is 1. The molecule has 3 aromatic rings. The number of amides is 1. The van der Waals surface area contributed by atoms with Gasteiger partial charge in [-0.25, -0.2) is 13.4 Å². The lowest BCUT2D eigenvalue weighted by molar-refractivity contribution is 0.102. The van der Waals surface area contributed by atoms with Crippen LogP contribution in [0.2, 0.25) is 0 Å². The lowest BCUT2D eigenvalue weighted by atomic mass is 10.2. The van der Waals surface area contributed by atoms with E-state index in [1.807, 2.05) is 30.3 Å². The van der Waals surface area contributed by atoms with Gasteiger partial charge < -0.3 is 10.1 Å². The second-order valence-electron chi connectivity index (χ2n) is 7.25. The van der Waals surface area contributed by atoms with E-state index in [9.17, 15) is 13.2 Å². The molecule has 0 atom stereocenters. The van der Waals surface area contributed by atoms with Gasteiger partial charge in [0.05, 0.1) is 16.8 Å². The summed E-state index contributed by atoms with van der Waals surface area (Å²) in [5.41, 5.74) is 1.79. The summed E-state index contributed by atoms with van der Waals surface area (Å²) >= 11 is 0. The Morgan fingerprint density at radius 1 is 1.00 bits per heavy atom. The van der Waals surface area contributed by atoms with Gasteiger partial charge in [-0.1, -0.05) is 36.4 Å². The van der Waals surface area contributed by atoms with Crippen molar-refractivity contribution in [3.63, 3.8) is 0 Å². The minimum atomic E-state index is -3.58. The molecule has 0 spiro atoms. The molecule has 1 saturated heterocycles. The Balaban J connectivity index is 1.40. The molecule has 1 N–H and O–H groups in total. The average molecular weight is 438 g/mol. The van der Waals surface area contributed by atoms with Gasteiger partial charge in [0.1, 0.15) is 6.61 Å². The van der Waals surface area contributed by atoms with E-state index in [4.69, 9.17) is 4.74 Å². The average Bonchev–Trinajstić information content (AvgIpc) is 3.35. The van der Waals surface area contributed by atoms with Crippen molar-refractivity contribution in [2.75, 3.05) is 18.4 Å². The molecule has 8 heteroatoms. The lowest BCUT2D eigenvalue weighted by Gasteiger charge is -2.16. The maximum Gasteiger partial charge on any atom is 0.255 e. The quantitative estimate of drug-likeness (QED) is 0.609. The first-order chi connectivity index (χ1) is 15.0. The zero-order valence-corrected chi connectivity index (χ0v) is 17.7. The summed E-state index contributed by atoms with van der Waals surface area (Å²) in [7, 11) is -3.58. The number of pyridine rings is 1. The summed E-state index contributed by atoms with van der Waals surface area (Å²) in [6.07, 6.45) is 3.22. The van der Waals surface area contributed by atoms with Crippen LogP contribution in [0.25, 0.3) is 0 Å². The molecule has 2 aromatic carbocycles. The van der Waals surface area contributed by atoms with E-state index in [2.05, 4.69) is 10.3 Å². The second-order valence-corrected chi connectivity index (χ2v) is 9.19. The normalized spacial score (nSPS) is 14.3.